The third-order valence-electron chi connectivity index (χ3n) is 4.77. The minimum Gasteiger partial charge on any atom is -0.321 e. The van der Waals surface area contributed by atoms with Gasteiger partial charge in [0.2, 0.25) is 0 Å². The van der Waals surface area contributed by atoms with Crippen LogP contribution in [0.2, 0.25) is 0 Å². The lowest BCUT2D eigenvalue weighted by Crippen LogP contribution is -2.16. The first-order valence-corrected chi connectivity index (χ1v) is 10.4. The summed E-state index contributed by atoms with van der Waals surface area (Å²) in [5.74, 6) is -0.214. The molecular weight excluding hydrogens is 392 g/mol. The molecule has 6 heteroatoms. The maximum atomic E-state index is 13.2. The van der Waals surface area contributed by atoms with Crippen molar-refractivity contribution in [2.75, 3.05) is 5.32 Å². The Morgan fingerprint density at radius 3 is 2.43 bits per heavy atom. The van der Waals surface area contributed by atoms with E-state index in [0.717, 1.165) is 37.9 Å². The van der Waals surface area contributed by atoms with E-state index in [-0.39, 0.29) is 5.91 Å². The van der Waals surface area contributed by atoms with Crippen LogP contribution in [0.4, 0.5) is 5.69 Å². The number of anilines is 1. The molecule has 0 spiro atoms. The molecule has 1 amide bonds. The van der Waals surface area contributed by atoms with Gasteiger partial charge in [-0.1, -0.05) is 48.5 Å². The lowest BCUT2D eigenvalue weighted by molar-refractivity contribution is 0.101. The van der Waals surface area contributed by atoms with E-state index in [4.69, 9.17) is 5.10 Å². The maximum absolute atomic E-state index is 13.2. The molecular formula is C24H18N4OS. The van der Waals surface area contributed by atoms with Gasteiger partial charge in [-0.15, -0.1) is 11.3 Å². The monoisotopic (exact) mass is 410 g/mol. The zero-order valence-electron chi connectivity index (χ0n) is 16.2. The number of para-hydroxylation sites is 1. The van der Waals surface area contributed by atoms with Gasteiger partial charge >= 0.3 is 0 Å². The fourth-order valence-corrected chi connectivity index (χ4v) is 4.24. The van der Waals surface area contributed by atoms with Gasteiger partial charge in [-0.2, -0.15) is 5.10 Å². The molecule has 2 heterocycles. The Morgan fingerprint density at radius 2 is 1.67 bits per heavy atom. The largest absolute Gasteiger partial charge is 0.321 e. The van der Waals surface area contributed by atoms with E-state index in [1.165, 1.54) is 0 Å². The highest BCUT2D eigenvalue weighted by Crippen LogP contribution is 2.26. The van der Waals surface area contributed by atoms with E-state index in [9.17, 15) is 4.79 Å². The highest BCUT2D eigenvalue weighted by atomic mass is 32.1. The second kappa shape index (κ2) is 7.57. The molecule has 146 valence electrons. The first-order valence-electron chi connectivity index (χ1n) is 9.57. The average Bonchev–Trinajstić information content (AvgIpc) is 3.38. The summed E-state index contributed by atoms with van der Waals surface area (Å²) in [7, 11) is 0. The normalized spacial score (nSPS) is 11.0. The SMILES string of the molecule is Cc1nc2ccc(NC(=O)c3cc(-c4ccccc4)nn3-c3ccccc3)cc2s1. The van der Waals surface area contributed by atoms with Gasteiger partial charge < -0.3 is 5.32 Å². The molecule has 30 heavy (non-hydrogen) atoms. The molecule has 0 saturated heterocycles. The molecule has 3 aromatic carbocycles. The number of aryl methyl sites for hydroxylation is 1. The number of hydrogen-bond acceptors (Lipinski definition) is 4. The lowest BCUT2D eigenvalue weighted by Gasteiger charge is -2.08. The summed E-state index contributed by atoms with van der Waals surface area (Å²) in [5.41, 5.74) is 4.69. The molecule has 0 aliphatic heterocycles. The number of fused-ring (bicyclic) bond motifs is 1. The molecule has 5 rings (SSSR count). The molecule has 0 aliphatic rings. The number of benzene rings is 3. The fraction of sp³-hybridized carbons (Fsp3) is 0.0417. The van der Waals surface area contributed by atoms with Crippen molar-refractivity contribution in [2.24, 2.45) is 0 Å². The van der Waals surface area contributed by atoms with Crippen molar-refractivity contribution in [1.82, 2.24) is 14.8 Å². The third-order valence-corrected chi connectivity index (χ3v) is 5.70. The van der Waals surface area contributed by atoms with Crippen LogP contribution in [-0.4, -0.2) is 20.7 Å². The van der Waals surface area contributed by atoms with Crippen LogP contribution in [0, 0.1) is 6.92 Å². The highest BCUT2D eigenvalue weighted by Gasteiger charge is 2.18. The van der Waals surface area contributed by atoms with Crippen molar-refractivity contribution >= 4 is 33.1 Å². The van der Waals surface area contributed by atoms with Gasteiger partial charge in [0, 0.05) is 11.3 Å². The summed E-state index contributed by atoms with van der Waals surface area (Å²) in [6.07, 6.45) is 0. The van der Waals surface area contributed by atoms with E-state index in [1.54, 1.807) is 16.0 Å². The Morgan fingerprint density at radius 1 is 0.933 bits per heavy atom. The highest BCUT2D eigenvalue weighted by molar-refractivity contribution is 7.18. The van der Waals surface area contributed by atoms with Crippen LogP contribution in [0.15, 0.2) is 84.9 Å². The summed E-state index contributed by atoms with van der Waals surface area (Å²) in [6.45, 7) is 1.98. The summed E-state index contributed by atoms with van der Waals surface area (Å²) >= 11 is 1.61. The van der Waals surface area contributed by atoms with Crippen LogP contribution >= 0.6 is 11.3 Å². The van der Waals surface area contributed by atoms with E-state index >= 15 is 0 Å². The number of carbonyl (C=O) groups is 1. The van der Waals surface area contributed by atoms with Gasteiger partial charge in [0.15, 0.2) is 0 Å². The molecule has 0 bridgehead atoms. The number of amides is 1. The number of nitrogens with one attached hydrogen (secondary N) is 1. The Kier molecular flexibility index (Phi) is 4.61. The van der Waals surface area contributed by atoms with Gasteiger partial charge in [-0.05, 0) is 43.3 Å². The van der Waals surface area contributed by atoms with Crippen LogP contribution in [0.5, 0.6) is 0 Å². The van der Waals surface area contributed by atoms with Crippen LogP contribution in [-0.2, 0) is 0 Å². The van der Waals surface area contributed by atoms with E-state index in [2.05, 4.69) is 10.3 Å². The Labute approximate surface area is 177 Å². The van der Waals surface area contributed by atoms with Crippen molar-refractivity contribution in [3.63, 3.8) is 0 Å². The molecule has 5 aromatic rings. The Balaban J connectivity index is 1.54. The van der Waals surface area contributed by atoms with Crippen LogP contribution < -0.4 is 5.32 Å². The third kappa shape index (κ3) is 3.49. The van der Waals surface area contributed by atoms with E-state index in [1.807, 2.05) is 91.9 Å². The molecule has 0 radical (unpaired) electrons. The standard InChI is InChI=1S/C24H18N4OS/c1-16-25-20-13-12-18(14-23(20)30-16)26-24(29)22-15-21(17-8-4-2-5-9-17)27-28(22)19-10-6-3-7-11-19/h2-15H,1H3,(H,26,29). The molecule has 1 N–H and O–H groups in total. The Hall–Kier alpha value is -3.77. The molecule has 0 saturated carbocycles. The predicted octanol–water partition coefficient (Wildman–Crippen LogP) is 5.71. The van der Waals surface area contributed by atoms with Gasteiger partial charge in [0.05, 0.1) is 26.6 Å². The quantitative estimate of drug-likeness (QED) is 0.413. The van der Waals surface area contributed by atoms with Gasteiger partial charge in [-0.25, -0.2) is 9.67 Å². The lowest BCUT2D eigenvalue weighted by atomic mass is 10.1. The van der Waals surface area contributed by atoms with Crippen LogP contribution in [0.25, 0.3) is 27.2 Å². The average molecular weight is 411 g/mol. The minimum absolute atomic E-state index is 0.214. The molecule has 2 aromatic heterocycles. The zero-order chi connectivity index (χ0) is 20.5. The number of aromatic nitrogens is 3. The van der Waals surface area contributed by atoms with Crippen molar-refractivity contribution in [1.29, 1.82) is 0 Å². The molecule has 0 atom stereocenters. The van der Waals surface area contributed by atoms with Gasteiger partial charge in [-0.3, -0.25) is 4.79 Å². The maximum Gasteiger partial charge on any atom is 0.274 e. The Bertz CT molecular complexity index is 1340. The van der Waals surface area contributed by atoms with Gasteiger partial charge in [0.1, 0.15) is 5.69 Å². The molecule has 0 aliphatic carbocycles. The summed E-state index contributed by atoms with van der Waals surface area (Å²) in [6, 6.07) is 27.1. The first-order chi connectivity index (χ1) is 14.7. The summed E-state index contributed by atoms with van der Waals surface area (Å²) in [5, 5.41) is 8.73. The topological polar surface area (TPSA) is 59.8 Å². The molecule has 5 nitrogen and oxygen atoms in total. The predicted molar refractivity (Wildman–Crippen MR) is 121 cm³/mol. The summed E-state index contributed by atoms with van der Waals surface area (Å²) < 4.78 is 2.74. The molecule has 0 unspecified atom stereocenters. The summed E-state index contributed by atoms with van der Waals surface area (Å²) in [4.78, 5) is 17.7. The fourth-order valence-electron chi connectivity index (χ4n) is 3.37. The van der Waals surface area contributed by atoms with Gasteiger partial charge in [0.25, 0.3) is 5.91 Å². The first kappa shape index (κ1) is 18.3. The number of nitrogens with zero attached hydrogens (tertiary/aromatic N) is 3. The second-order valence-corrected chi connectivity index (χ2v) is 8.13. The number of carbonyl (C=O) groups excluding carboxylic acids is 1. The van der Waals surface area contributed by atoms with Crippen LogP contribution in [0.3, 0.4) is 0 Å². The van der Waals surface area contributed by atoms with E-state index in [0.29, 0.717) is 5.69 Å². The molecule has 0 fully saturated rings. The number of rotatable bonds is 4. The van der Waals surface area contributed by atoms with Crippen LogP contribution in [0.1, 0.15) is 15.5 Å². The van der Waals surface area contributed by atoms with Crippen molar-refractivity contribution in [3.8, 4) is 16.9 Å². The van der Waals surface area contributed by atoms with Crippen molar-refractivity contribution < 1.29 is 4.79 Å². The van der Waals surface area contributed by atoms with Crippen molar-refractivity contribution in [3.05, 3.63) is 95.6 Å². The minimum atomic E-state index is -0.214. The second-order valence-electron chi connectivity index (χ2n) is 6.90. The smallest absolute Gasteiger partial charge is 0.274 e. The van der Waals surface area contributed by atoms with E-state index < -0.39 is 0 Å². The van der Waals surface area contributed by atoms with Crippen molar-refractivity contribution in [2.45, 2.75) is 6.92 Å². The number of hydrogen-bond donors (Lipinski definition) is 1. The number of thiazole rings is 1. The zero-order valence-corrected chi connectivity index (χ0v) is 17.1.